The maximum Gasteiger partial charge on any atom is 0.331 e. The summed E-state index contributed by atoms with van der Waals surface area (Å²) in [4.78, 5) is 38.3. The maximum absolute atomic E-state index is 12.8. The third-order valence-corrected chi connectivity index (χ3v) is 5.00. The number of para-hydroxylation sites is 2. The normalized spacial score (nSPS) is 16.3. The zero-order valence-corrected chi connectivity index (χ0v) is 17.1. The first-order valence-electron chi connectivity index (χ1n) is 9.02. The fraction of sp³-hybridized carbons (Fsp3) is 0.300. The van der Waals surface area contributed by atoms with E-state index < -0.39 is 18.5 Å². The van der Waals surface area contributed by atoms with E-state index in [1.165, 1.54) is 21.7 Å². The third kappa shape index (κ3) is 4.48. The summed E-state index contributed by atoms with van der Waals surface area (Å²) in [5.41, 5.74) is 2.39. The van der Waals surface area contributed by atoms with Crippen LogP contribution in [0.5, 0.6) is 0 Å². The number of nitrogens with zero attached hydrogens (tertiary/aromatic N) is 3. The lowest BCUT2D eigenvalue weighted by molar-refractivity contribution is -0.143. The van der Waals surface area contributed by atoms with E-state index in [0.717, 1.165) is 0 Å². The molecule has 1 aromatic heterocycles. The predicted octanol–water partition coefficient (Wildman–Crippen LogP) is 2.70. The molecule has 1 N–H and O–H groups in total. The molecule has 0 fully saturated rings. The Hall–Kier alpha value is -3.13. The number of esters is 1. The molecule has 0 saturated carbocycles. The van der Waals surface area contributed by atoms with Gasteiger partial charge in [0.25, 0.3) is 5.91 Å². The van der Waals surface area contributed by atoms with Crippen LogP contribution >= 0.6 is 11.6 Å². The van der Waals surface area contributed by atoms with Crippen LogP contribution in [0.3, 0.4) is 0 Å². The molecule has 0 aliphatic carbocycles. The van der Waals surface area contributed by atoms with Crippen LogP contribution in [0.25, 0.3) is 6.08 Å². The Morgan fingerprint density at radius 3 is 2.79 bits per heavy atom. The van der Waals surface area contributed by atoms with E-state index in [-0.39, 0.29) is 18.4 Å². The van der Waals surface area contributed by atoms with Crippen molar-refractivity contribution in [2.75, 3.05) is 16.8 Å². The van der Waals surface area contributed by atoms with Gasteiger partial charge in [0.15, 0.2) is 6.61 Å². The zero-order valence-electron chi connectivity index (χ0n) is 16.3. The molecule has 1 aromatic carbocycles. The van der Waals surface area contributed by atoms with Gasteiger partial charge >= 0.3 is 5.97 Å². The van der Waals surface area contributed by atoms with E-state index in [9.17, 15) is 14.4 Å². The highest BCUT2D eigenvalue weighted by atomic mass is 35.5. The average Bonchev–Trinajstić information content (AvgIpc) is 2.82. The van der Waals surface area contributed by atoms with Gasteiger partial charge in [0.05, 0.1) is 17.1 Å². The largest absolute Gasteiger partial charge is 0.452 e. The number of benzene rings is 1. The summed E-state index contributed by atoms with van der Waals surface area (Å²) in [6, 6.07) is 6.63. The molecule has 2 aromatic rings. The molecule has 152 valence electrons. The summed E-state index contributed by atoms with van der Waals surface area (Å²) in [7, 11) is 1.70. The first-order valence-corrected chi connectivity index (χ1v) is 9.40. The van der Waals surface area contributed by atoms with Crippen LogP contribution in [0, 0.1) is 6.92 Å². The van der Waals surface area contributed by atoms with Crippen molar-refractivity contribution in [1.82, 2.24) is 9.78 Å². The highest BCUT2D eigenvalue weighted by molar-refractivity contribution is 6.31. The molecule has 1 aliphatic heterocycles. The summed E-state index contributed by atoms with van der Waals surface area (Å²) in [6.45, 7) is 3.10. The molecule has 1 atom stereocenters. The molecule has 0 radical (unpaired) electrons. The Labute approximate surface area is 173 Å². The van der Waals surface area contributed by atoms with Crippen LogP contribution in [-0.2, 0) is 26.2 Å². The number of carbonyl (C=O) groups excluding carboxylic acids is 3. The van der Waals surface area contributed by atoms with Crippen molar-refractivity contribution in [3.63, 3.8) is 0 Å². The van der Waals surface area contributed by atoms with Gasteiger partial charge in [-0.05, 0) is 32.1 Å². The number of carbonyl (C=O) groups is 3. The van der Waals surface area contributed by atoms with Crippen molar-refractivity contribution < 1.29 is 19.1 Å². The standard InChI is InChI=1S/C20H21ClN4O4/c1-12-10-17(26)22-15-6-4-5-7-16(15)25(12)18(27)11-29-19(28)9-8-14-13(2)23-24(3)20(14)21/h4-9,12H,10-11H2,1-3H3,(H,22,26)/b9-8+. The van der Waals surface area contributed by atoms with E-state index in [2.05, 4.69) is 10.4 Å². The van der Waals surface area contributed by atoms with Crippen molar-refractivity contribution >= 4 is 46.8 Å². The second kappa shape index (κ2) is 8.48. The number of hydrogen-bond acceptors (Lipinski definition) is 5. The molecule has 9 heteroatoms. The van der Waals surface area contributed by atoms with Gasteiger partial charge in [-0.25, -0.2) is 4.79 Å². The number of aromatic nitrogens is 2. The van der Waals surface area contributed by atoms with E-state index >= 15 is 0 Å². The number of aryl methyl sites for hydroxylation is 2. The lowest BCUT2D eigenvalue weighted by Gasteiger charge is -2.27. The monoisotopic (exact) mass is 416 g/mol. The van der Waals surface area contributed by atoms with Gasteiger partial charge in [-0.3, -0.25) is 14.3 Å². The number of ether oxygens (including phenoxy) is 1. The highest BCUT2D eigenvalue weighted by Gasteiger charge is 2.29. The Morgan fingerprint density at radius 2 is 2.10 bits per heavy atom. The lowest BCUT2D eigenvalue weighted by Crippen LogP contribution is -2.41. The summed E-state index contributed by atoms with van der Waals surface area (Å²) in [6.07, 6.45) is 2.85. The van der Waals surface area contributed by atoms with E-state index in [1.807, 2.05) is 0 Å². The number of hydrogen-bond donors (Lipinski definition) is 1. The van der Waals surface area contributed by atoms with Gasteiger partial charge in [-0.1, -0.05) is 23.7 Å². The molecule has 1 unspecified atom stereocenters. The van der Waals surface area contributed by atoms with Crippen LogP contribution in [0.1, 0.15) is 24.6 Å². The van der Waals surface area contributed by atoms with Crippen LogP contribution in [-0.4, -0.2) is 40.2 Å². The van der Waals surface area contributed by atoms with E-state index in [1.54, 1.807) is 45.2 Å². The number of amides is 2. The SMILES string of the molecule is Cc1nn(C)c(Cl)c1/C=C/C(=O)OCC(=O)N1c2ccccc2NC(=O)CC1C. The maximum atomic E-state index is 12.8. The average molecular weight is 417 g/mol. The van der Waals surface area contributed by atoms with Gasteiger partial charge in [-0.15, -0.1) is 0 Å². The molecule has 1 aliphatic rings. The fourth-order valence-electron chi connectivity index (χ4n) is 3.21. The smallest absolute Gasteiger partial charge is 0.331 e. The number of nitrogens with one attached hydrogen (secondary N) is 1. The topological polar surface area (TPSA) is 93.5 Å². The van der Waals surface area contributed by atoms with Crippen molar-refractivity contribution in [2.45, 2.75) is 26.3 Å². The van der Waals surface area contributed by atoms with Gasteiger partial charge in [-0.2, -0.15) is 5.10 Å². The highest BCUT2D eigenvalue weighted by Crippen LogP contribution is 2.31. The molecule has 3 rings (SSSR count). The number of fused-ring (bicyclic) bond motifs is 1. The molecule has 0 saturated heterocycles. The molecule has 2 amide bonds. The Bertz CT molecular complexity index is 998. The van der Waals surface area contributed by atoms with E-state index in [0.29, 0.717) is 27.8 Å². The van der Waals surface area contributed by atoms with Gasteiger partial charge in [0.1, 0.15) is 5.15 Å². The van der Waals surface area contributed by atoms with Crippen molar-refractivity contribution in [3.8, 4) is 0 Å². The molecular formula is C20H21ClN4O4. The van der Waals surface area contributed by atoms with Gasteiger partial charge < -0.3 is 15.0 Å². The summed E-state index contributed by atoms with van der Waals surface area (Å²) >= 11 is 6.12. The lowest BCUT2D eigenvalue weighted by atomic mass is 10.1. The molecule has 29 heavy (non-hydrogen) atoms. The minimum Gasteiger partial charge on any atom is -0.452 e. The fourth-order valence-corrected chi connectivity index (χ4v) is 3.44. The molecular weight excluding hydrogens is 396 g/mol. The van der Waals surface area contributed by atoms with E-state index in [4.69, 9.17) is 16.3 Å². The Balaban J connectivity index is 1.69. The molecule has 2 heterocycles. The van der Waals surface area contributed by atoms with Crippen molar-refractivity contribution in [1.29, 1.82) is 0 Å². The summed E-state index contributed by atoms with van der Waals surface area (Å²) < 4.78 is 6.60. The van der Waals surface area contributed by atoms with Crippen LogP contribution < -0.4 is 10.2 Å². The Morgan fingerprint density at radius 1 is 1.38 bits per heavy atom. The minimum atomic E-state index is -0.678. The van der Waals surface area contributed by atoms with Crippen molar-refractivity contribution in [3.05, 3.63) is 46.8 Å². The summed E-state index contributed by atoms with van der Waals surface area (Å²) in [5, 5.41) is 7.34. The number of halogens is 1. The molecule has 8 nitrogen and oxygen atoms in total. The minimum absolute atomic E-state index is 0.146. The van der Waals surface area contributed by atoms with Gasteiger partial charge in [0, 0.05) is 31.1 Å². The van der Waals surface area contributed by atoms with Crippen molar-refractivity contribution in [2.24, 2.45) is 7.05 Å². The molecule has 0 bridgehead atoms. The quantitative estimate of drug-likeness (QED) is 0.611. The second-order valence-corrected chi connectivity index (χ2v) is 7.09. The van der Waals surface area contributed by atoms with Gasteiger partial charge in [0.2, 0.25) is 5.91 Å². The summed E-state index contributed by atoms with van der Waals surface area (Å²) in [5.74, 6) is -1.27. The second-order valence-electron chi connectivity index (χ2n) is 6.74. The van der Waals surface area contributed by atoms with Crippen LogP contribution in [0.15, 0.2) is 30.3 Å². The number of rotatable bonds is 4. The molecule has 0 spiro atoms. The third-order valence-electron chi connectivity index (χ3n) is 4.55. The first-order chi connectivity index (χ1) is 13.8. The zero-order chi connectivity index (χ0) is 21.1. The van der Waals surface area contributed by atoms with Crippen LogP contribution in [0.4, 0.5) is 11.4 Å². The predicted molar refractivity (Wildman–Crippen MR) is 110 cm³/mol. The number of anilines is 2. The van der Waals surface area contributed by atoms with Crippen LogP contribution in [0.2, 0.25) is 5.15 Å². The Kier molecular flexibility index (Phi) is 6.03. The first kappa shape index (κ1) is 20.6.